The van der Waals surface area contributed by atoms with Crippen molar-refractivity contribution in [3.05, 3.63) is 47.5 Å². The molecule has 44 heavy (non-hydrogen) atoms. The van der Waals surface area contributed by atoms with E-state index in [0.717, 1.165) is 31.1 Å². The molecule has 0 bridgehead atoms. The lowest BCUT2D eigenvalue weighted by atomic mass is 9.50. The Morgan fingerprint density at radius 3 is 1.89 bits per heavy atom. The second-order valence-electron chi connectivity index (χ2n) is 11.0. The highest BCUT2D eigenvalue weighted by atomic mass is 16.5. The molecule has 2 aromatic rings. The zero-order valence-corrected chi connectivity index (χ0v) is 26.8. The molecule has 0 saturated carbocycles. The third kappa shape index (κ3) is 11.3. The van der Waals surface area contributed by atoms with E-state index in [1.165, 1.54) is 0 Å². The maximum atomic E-state index is 12.1. The molecule has 2 rings (SSSR count). The minimum atomic E-state index is -1.16. The molecule has 0 aliphatic rings. The van der Waals surface area contributed by atoms with E-state index >= 15 is 0 Å². The second-order valence-corrected chi connectivity index (χ2v) is 11.0. The fourth-order valence-electron chi connectivity index (χ4n) is 5.27. The maximum Gasteiger partial charge on any atom is 0.356 e. The summed E-state index contributed by atoms with van der Waals surface area (Å²) in [6.45, 7) is 3.67. The molecule has 0 radical (unpaired) electrons. The monoisotopic (exact) mass is 616 g/mol. The molecule has 12 heteroatoms. The molecular formula is C32H54B2N2O8. The summed E-state index contributed by atoms with van der Waals surface area (Å²) in [7, 11) is 1.65. The van der Waals surface area contributed by atoms with Crippen LogP contribution in [0, 0.1) is 0 Å². The average Bonchev–Trinajstić information content (AvgIpc) is 3.05. The number of ether oxygens (including phenoxy) is 3. The number of rotatable bonds is 24. The zero-order valence-electron chi connectivity index (χ0n) is 26.8. The molecule has 246 valence electrons. The molecule has 0 amide bonds. The van der Waals surface area contributed by atoms with Gasteiger partial charge in [0.2, 0.25) is 0 Å². The SMILES string of the molecule is CCCCB(OC(CCCC)B(O)c1c(OCCCO)cccc1C(O)CN)c1c(OCCCOC)cccc1C(O)CN. The molecule has 3 atom stereocenters. The fourth-order valence-corrected chi connectivity index (χ4v) is 5.27. The highest BCUT2D eigenvalue weighted by Gasteiger charge is 2.38. The lowest BCUT2D eigenvalue weighted by molar-refractivity contribution is 0.171. The molecule has 0 heterocycles. The first-order valence-electron chi connectivity index (χ1n) is 16.1. The number of aliphatic hydroxyl groups is 3. The Kier molecular flexibility index (Phi) is 18.6. The van der Waals surface area contributed by atoms with Gasteiger partial charge in [-0.1, -0.05) is 63.8 Å². The average molecular weight is 616 g/mol. The van der Waals surface area contributed by atoms with Crippen molar-refractivity contribution in [2.24, 2.45) is 11.5 Å². The molecule has 0 aliphatic heterocycles. The van der Waals surface area contributed by atoms with E-state index in [4.69, 9.17) is 30.3 Å². The molecule has 0 spiro atoms. The number of aliphatic hydroxyl groups excluding tert-OH is 3. The smallest absolute Gasteiger partial charge is 0.356 e. The molecule has 0 fully saturated rings. The lowest BCUT2D eigenvalue weighted by Gasteiger charge is -2.30. The first-order chi connectivity index (χ1) is 21.4. The van der Waals surface area contributed by atoms with Crippen LogP contribution in [0.15, 0.2) is 36.4 Å². The van der Waals surface area contributed by atoms with Crippen molar-refractivity contribution in [2.45, 2.75) is 83.3 Å². The summed E-state index contributed by atoms with van der Waals surface area (Å²) in [4.78, 5) is 0. The Labute approximate surface area is 264 Å². The Morgan fingerprint density at radius 2 is 1.34 bits per heavy atom. The van der Waals surface area contributed by atoms with Crippen molar-refractivity contribution < 1.29 is 39.2 Å². The molecule has 0 aliphatic carbocycles. The third-order valence-electron chi connectivity index (χ3n) is 7.65. The fraction of sp³-hybridized carbons (Fsp3) is 0.625. The van der Waals surface area contributed by atoms with Crippen molar-refractivity contribution >= 4 is 24.8 Å². The number of unbranched alkanes of at least 4 members (excludes halogenated alkanes) is 2. The number of methoxy groups -OCH3 is 1. The standard InChI is InChI=1S/C32H54B2N2O8/c1-4-6-16-30(34(40)32-25(27(39)23-36)13-9-15-29(32)42-20-10-18-37)44-33(17-7-5-2)31-24(26(38)22-35)12-8-14-28(31)43-21-11-19-41-3/h8-9,12-15,26-27,30,37-40H,4-7,10-11,16-23,35-36H2,1-3H3. The van der Waals surface area contributed by atoms with E-state index in [1.54, 1.807) is 25.3 Å². The van der Waals surface area contributed by atoms with Crippen LogP contribution < -0.4 is 31.9 Å². The van der Waals surface area contributed by atoms with Gasteiger partial charge in [0, 0.05) is 51.7 Å². The van der Waals surface area contributed by atoms with Gasteiger partial charge in [-0.05, 0) is 41.5 Å². The summed E-state index contributed by atoms with van der Waals surface area (Å²) in [6, 6.07) is 10.1. The Hall–Kier alpha value is -2.15. The first-order valence-corrected chi connectivity index (χ1v) is 16.1. The number of nitrogens with two attached hydrogens (primary N) is 2. The van der Waals surface area contributed by atoms with Crippen LogP contribution in [0.5, 0.6) is 11.5 Å². The van der Waals surface area contributed by atoms with Gasteiger partial charge in [0.1, 0.15) is 11.5 Å². The largest absolute Gasteiger partial charge is 0.494 e. The van der Waals surface area contributed by atoms with Crippen LogP contribution in [0.1, 0.15) is 82.1 Å². The summed E-state index contributed by atoms with van der Waals surface area (Å²) in [5.74, 6) is 1.01. The van der Waals surface area contributed by atoms with Gasteiger partial charge in [-0.2, -0.15) is 0 Å². The molecule has 0 saturated heterocycles. The van der Waals surface area contributed by atoms with Crippen molar-refractivity contribution in [3.8, 4) is 11.5 Å². The first kappa shape index (κ1) is 38.0. The van der Waals surface area contributed by atoms with Crippen LogP contribution in [0.3, 0.4) is 0 Å². The summed E-state index contributed by atoms with van der Waals surface area (Å²) in [5.41, 5.74) is 14.0. The molecule has 8 N–H and O–H groups in total. The quantitative estimate of drug-likeness (QED) is 0.0756. The van der Waals surface area contributed by atoms with E-state index in [0.29, 0.717) is 66.9 Å². The van der Waals surface area contributed by atoms with Crippen molar-refractivity contribution in [2.75, 3.05) is 46.6 Å². The van der Waals surface area contributed by atoms with Gasteiger partial charge in [0.25, 0.3) is 0 Å². The molecule has 10 nitrogen and oxygen atoms in total. The Morgan fingerprint density at radius 1 is 0.773 bits per heavy atom. The number of hydrogen-bond acceptors (Lipinski definition) is 10. The predicted octanol–water partition coefficient (Wildman–Crippen LogP) is 1.85. The minimum Gasteiger partial charge on any atom is -0.494 e. The molecular weight excluding hydrogens is 562 g/mol. The van der Waals surface area contributed by atoms with Gasteiger partial charge in [-0.25, -0.2) is 0 Å². The van der Waals surface area contributed by atoms with Crippen molar-refractivity contribution in [3.63, 3.8) is 0 Å². The third-order valence-corrected chi connectivity index (χ3v) is 7.65. The maximum absolute atomic E-state index is 12.1. The number of hydrogen-bond donors (Lipinski definition) is 6. The van der Waals surface area contributed by atoms with Crippen LogP contribution in [-0.4, -0.2) is 86.8 Å². The van der Waals surface area contributed by atoms with Gasteiger partial charge in [0.05, 0.1) is 31.4 Å². The highest BCUT2D eigenvalue weighted by Crippen LogP contribution is 2.25. The molecule has 3 unspecified atom stereocenters. The van der Waals surface area contributed by atoms with Crippen LogP contribution in [0.2, 0.25) is 6.32 Å². The van der Waals surface area contributed by atoms with Gasteiger partial charge < -0.3 is 50.7 Å². The van der Waals surface area contributed by atoms with Crippen molar-refractivity contribution in [1.29, 1.82) is 0 Å². The van der Waals surface area contributed by atoms with Crippen LogP contribution in [0.25, 0.3) is 0 Å². The van der Waals surface area contributed by atoms with Crippen LogP contribution >= 0.6 is 0 Å². The molecule has 0 aromatic heterocycles. The van der Waals surface area contributed by atoms with Gasteiger partial charge >= 0.3 is 13.8 Å². The van der Waals surface area contributed by atoms with Crippen LogP contribution in [-0.2, 0) is 9.39 Å². The minimum absolute atomic E-state index is 0.0292. The van der Waals surface area contributed by atoms with Gasteiger partial charge in [-0.15, -0.1) is 0 Å². The normalized spacial score (nSPS) is 13.4. The van der Waals surface area contributed by atoms with E-state index < -0.39 is 32.0 Å². The van der Waals surface area contributed by atoms with Gasteiger partial charge in [-0.3, -0.25) is 0 Å². The van der Waals surface area contributed by atoms with E-state index in [2.05, 4.69) is 13.8 Å². The number of benzene rings is 2. The van der Waals surface area contributed by atoms with E-state index in [1.807, 2.05) is 18.2 Å². The summed E-state index contributed by atoms with van der Waals surface area (Å²) in [6.07, 6.45) is 3.77. The Bertz CT molecular complexity index is 1070. The van der Waals surface area contributed by atoms with Crippen LogP contribution in [0.4, 0.5) is 0 Å². The van der Waals surface area contributed by atoms with E-state index in [-0.39, 0.29) is 26.3 Å². The lowest BCUT2D eigenvalue weighted by Crippen LogP contribution is -2.51. The summed E-state index contributed by atoms with van der Waals surface area (Å²) in [5, 5.41) is 43.2. The van der Waals surface area contributed by atoms with Crippen molar-refractivity contribution in [1.82, 2.24) is 0 Å². The zero-order chi connectivity index (χ0) is 32.3. The summed E-state index contributed by atoms with van der Waals surface area (Å²) >= 11 is 0. The molecule has 2 aromatic carbocycles. The topological polar surface area (TPSA) is 170 Å². The Balaban J connectivity index is 2.63. The second kappa shape index (κ2) is 21.6. The van der Waals surface area contributed by atoms with E-state index in [9.17, 15) is 20.3 Å². The summed E-state index contributed by atoms with van der Waals surface area (Å²) < 4.78 is 24.3. The predicted molar refractivity (Wildman–Crippen MR) is 177 cm³/mol. The van der Waals surface area contributed by atoms with Gasteiger partial charge in [0.15, 0.2) is 0 Å². The highest BCUT2D eigenvalue weighted by molar-refractivity contribution is 6.72.